The van der Waals surface area contributed by atoms with Gasteiger partial charge < -0.3 is 15.0 Å². The Kier molecular flexibility index (Phi) is 7.01. The van der Waals surface area contributed by atoms with E-state index in [1.807, 2.05) is 59.1 Å². The number of para-hydroxylation sites is 1. The number of carbonyl (C=O) groups is 1. The van der Waals surface area contributed by atoms with Crippen LogP contribution in [0, 0.1) is 0 Å². The Morgan fingerprint density at radius 3 is 2.13 bits per heavy atom. The van der Waals surface area contributed by atoms with Gasteiger partial charge in [-0.3, -0.25) is 0 Å². The van der Waals surface area contributed by atoms with E-state index in [0.717, 1.165) is 24.2 Å². The van der Waals surface area contributed by atoms with Crippen LogP contribution in [0.2, 0.25) is 0 Å². The molecule has 3 aromatic carbocycles. The molecule has 4 nitrogen and oxygen atoms in total. The molecule has 0 amide bonds. The quantitative estimate of drug-likeness (QED) is 0.463. The van der Waals surface area contributed by atoms with E-state index in [2.05, 4.69) is 58.7 Å². The SMILES string of the molecule is CN(C)c1ccc(Nc2ccccc2CCc2ccc(C(=O)OC(C)(C)C)cc2)cc1. The molecule has 0 spiro atoms. The number of hydrogen-bond acceptors (Lipinski definition) is 4. The molecule has 0 heterocycles. The van der Waals surface area contributed by atoms with Crippen molar-refractivity contribution in [3.05, 3.63) is 89.5 Å². The molecule has 0 aliphatic rings. The predicted molar refractivity (Wildman–Crippen MR) is 130 cm³/mol. The largest absolute Gasteiger partial charge is 0.456 e. The third kappa shape index (κ3) is 6.61. The maximum Gasteiger partial charge on any atom is 0.338 e. The van der Waals surface area contributed by atoms with Crippen LogP contribution < -0.4 is 10.2 Å². The minimum Gasteiger partial charge on any atom is -0.456 e. The van der Waals surface area contributed by atoms with Gasteiger partial charge in [0.25, 0.3) is 0 Å². The van der Waals surface area contributed by atoms with Gasteiger partial charge in [0.2, 0.25) is 0 Å². The molecule has 3 aromatic rings. The molecule has 31 heavy (non-hydrogen) atoms. The highest BCUT2D eigenvalue weighted by atomic mass is 16.6. The molecule has 0 atom stereocenters. The highest BCUT2D eigenvalue weighted by Crippen LogP contribution is 2.24. The zero-order valence-electron chi connectivity index (χ0n) is 19.1. The number of nitrogens with zero attached hydrogens (tertiary/aromatic N) is 1. The van der Waals surface area contributed by atoms with Crippen LogP contribution in [0.1, 0.15) is 42.3 Å². The lowest BCUT2D eigenvalue weighted by atomic mass is 10.0. The fraction of sp³-hybridized carbons (Fsp3) is 0.296. The minimum absolute atomic E-state index is 0.283. The Morgan fingerprint density at radius 2 is 1.52 bits per heavy atom. The van der Waals surface area contributed by atoms with E-state index < -0.39 is 5.60 Å². The Hall–Kier alpha value is -3.27. The second kappa shape index (κ2) is 9.69. The summed E-state index contributed by atoms with van der Waals surface area (Å²) in [6.07, 6.45) is 1.80. The first-order chi connectivity index (χ1) is 14.7. The lowest BCUT2D eigenvalue weighted by Crippen LogP contribution is -2.23. The fourth-order valence-corrected chi connectivity index (χ4v) is 3.28. The van der Waals surface area contributed by atoms with Crippen molar-refractivity contribution >= 4 is 23.0 Å². The first kappa shape index (κ1) is 22.4. The molecule has 0 aliphatic heterocycles. The van der Waals surface area contributed by atoms with Gasteiger partial charge in [0, 0.05) is 31.2 Å². The van der Waals surface area contributed by atoms with Gasteiger partial charge >= 0.3 is 5.97 Å². The maximum absolute atomic E-state index is 12.2. The van der Waals surface area contributed by atoms with Gasteiger partial charge in [0.1, 0.15) is 5.60 Å². The maximum atomic E-state index is 12.2. The molecule has 0 bridgehead atoms. The monoisotopic (exact) mass is 416 g/mol. The van der Waals surface area contributed by atoms with Crippen molar-refractivity contribution < 1.29 is 9.53 Å². The molecular formula is C27H32N2O2. The summed E-state index contributed by atoms with van der Waals surface area (Å²) in [6, 6.07) is 24.5. The average molecular weight is 417 g/mol. The van der Waals surface area contributed by atoms with Crippen molar-refractivity contribution in [3.63, 3.8) is 0 Å². The highest BCUT2D eigenvalue weighted by Gasteiger charge is 2.17. The molecule has 3 rings (SSSR count). The number of rotatable bonds is 7. The fourth-order valence-electron chi connectivity index (χ4n) is 3.28. The molecule has 0 radical (unpaired) electrons. The van der Waals surface area contributed by atoms with Gasteiger partial charge in [-0.2, -0.15) is 0 Å². The van der Waals surface area contributed by atoms with Crippen LogP contribution in [0.25, 0.3) is 0 Å². The first-order valence-electron chi connectivity index (χ1n) is 10.7. The molecule has 0 aliphatic carbocycles. The molecule has 162 valence electrons. The smallest absolute Gasteiger partial charge is 0.338 e. The van der Waals surface area contributed by atoms with Crippen LogP contribution in [0.5, 0.6) is 0 Å². The number of carbonyl (C=O) groups excluding carboxylic acids is 1. The summed E-state index contributed by atoms with van der Waals surface area (Å²) in [7, 11) is 4.08. The number of benzene rings is 3. The van der Waals surface area contributed by atoms with Gasteiger partial charge in [0.05, 0.1) is 5.56 Å². The lowest BCUT2D eigenvalue weighted by molar-refractivity contribution is 0.00695. The summed E-state index contributed by atoms with van der Waals surface area (Å²) < 4.78 is 5.44. The van der Waals surface area contributed by atoms with Gasteiger partial charge in [-0.1, -0.05) is 30.3 Å². The van der Waals surface area contributed by atoms with Crippen LogP contribution in [-0.2, 0) is 17.6 Å². The first-order valence-corrected chi connectivity index (χ1v) is 10.7. The second-order valence-electron chi connectivity index (χ2n) is 8.92. The summed E-state index contributed by atoms with van der Waals surface area (Å²) in [5.41, 5.74) is 5.91. The predicted octanol–water partition coefficient (Wildman–Crippen LogP) is 6.24. The third-order valence-electron chi connectivity index (χ3n) is 4.95. The number of nitrogens with one attached hydrogen (secondary N) is 1. The number of esters is 1. The van der Waals surface area contributed by atoms with E-state index in [1.54, 1.807) is 0 Å². The summed E-state index contributed by atoms with van der Waals surface area (Å²) in [4.78, 5) is 14.3. The second-order valence-corrected chi connectivity index (χ2v) is 8.92. The number of ether oxygens (including phenoxy) is 1. The standard InChI is InChI=1S/C27H32N2O2/c1-27(2,3)31-26(30)22-14-11-20(12-15-22)10-13-21-8-6-7-9-25(21)28-23-16-18-24(19-17-23)29(4)5/h6-9,11-12,14-19,28H,10,13H2,1-5H3. The van der Waals surface area contributed by atoms with Crippen LogP contribution in [0.15, 0.2) is 72.8 Å². The van der Waals surface area contributed by atoms with E-state index >= 15 is 0 Å². The van der Waals surface area contributed by atoms with E-state index in [4.69, 9.17) is 4.74 Å². The zero-order chi connectivity index (χ0) is 22.4. The number of hydrogen-bond donors (Lipinski definition) is 1. The molecule has 1 N–H and O–H groups in total. The Balaban J connectivity index is 1.64. The Bertz CT molecular complexity index is 1000. The van der Waals surface area contributed by atoms with Gasteiger partial charge in [-0.05, 0) is 87.2 Å². The number of aryl methyl sites for hydroxylation is 2. The van der Waals surface area contributed by atoms with Crippen molar-refractivity contribution in [2.75, 3.05) is 24.3 Å². The lowest BCUT2D eigenvalue weighted by Gasteiger charge is -2.19. The Labute approximate surface area is 185 Å². The molecule has 4 heteroatoms. The van der Waals surface area contributed by atoms with E-state index in [-0.39, 0.29) is 5.97 Å². The van der Waals surface area contributed by atoms with E-state index in [9.17, 15) is 4.79 Å². The van der Waals surface area contributed by atoms with Crippen LogP contribution >= 0.6 is 0 Å². The summed E-state index contributed by atoms with van der Waals surface area (Å²) in [5.74, 6) is -0.283. The van der Waals surface area contributed by atoms with E-state index in [0.29, 0.717) is 5.56 Å². The molecule has 0 saturated heterocycles. The van der Waals surface area contributed by atoms with Gasteiger partial charge in [-0.15, -0.1) is 0 Å². The van der Waals surface area contributed by atoms with Crippen molar-refractivity contribution in [1.29, 1.82) is 0 Å². The average Bonchev–Trinajstić information content (AvgIpc) is 2.72. The van der Waals surface area contributed by atoms with Crippen molar-refractivity contribution in [3.8, 4) is 0 Å². The molecule has 0 unspecified atom stereocenters. The third-order valence-corrected chi connectivity index (χ3v) is 4.95. The summed E-state index contributed by atoms with van der Waals surface area (Å²) in [6.45, 7) is 5.63. The van der Waals surface area contributed by atoms with Crippen LogP contribution in [-0.4, -0.2) is 25.7 Å². The summed E-state index contributed by atoms with van der Waals surface area (Å²) >= 11 is 0. The van der Waals surface area contributed by atoms with E-state index in [1.165, 1.54) is 16.8 Å². The van der Waals surface area contributed by atoms with Crippen molar-refractivity contribution in [2.24, 2.45) is 0 Å². The summed E-state index contributed by atoms with van der Waals surface area (Å²) in [5, 5.41) is 3.54. The van der Waals surface area contributed by atoms with Crippen LogP contribution in [0.3, 0.4) is 0 Å². The van der Waals surface area contributed by atoms with Crippen molar-refractivity contribution in [2.45, 2.75) is 39.2 Å². The van der Waals surface area contributed by atoms with Crippen LogP contribution in [0.4, 0.5) is 17.1 Å². The minimum atomic E-state index is -0.487. The van der Waals surface area contributed by atoms with Gasteiger partial charge in [-0.25, -0.2) is 4.79 Å². The molecule has 0 saturated carbocycles. The topological polar surface area (TPSA) is 41.6 Å². The van der Waals surface area contributed by atoms with Crippen molar-refractivity contribution in [1.82, 2.24) is 0 Å². The Morgan fingerprint density at radius 1 is 0.871 bits per heavy atom. The molecular weight excluding hydrogens is 384 g/mol. The molecule has 0 fully saturated rings. The molecule has 0 aromatic heterocycles. The number of anilines is 3. The normalized spacial score (nSPS) is 11.1. The van der Waals surface area contributed by atoms with Gasteiger partial charge in [0.15, 0.2) is 0 Å². The zero-order valence-corrected chi connectivity index (χ0v) is 19.1. The highest BCUT2D eigenvalue weighted by molar-refractivity contribution is 5.89.